The summed E-state index contributed by atoms with van der Waals surface area (Å²) in [5.41, 5.74) is 1.32. The molecule has 0 bridgehead atoms. The molecule has 1 amide bonds. The van der Waals surface area contributed by atoms with E-state index in [1.165, 1.54) is 5.56 Å². The Morgan fingerprint density at radius 1 is 1.16 bits per heavy atom. The number of carbonyl (C=O) groups excluding carboxylic acids is 1. The third-order valence-electron chi connectivity index (χ3n) is 5.11. The van der Waals surface area contributed by atoms with E-state index in [9.17, 15) is 4.79 Å². The van der Waals surface area contributed by atoms with Gasteiger partial charge in [-0.3, -0.25) is 14.7 Å². The maximum absolute atomic E-state index is 12.7. The predicted molar refractivity (Wildman–Crippen MR) is 97.4 cm³/mol. The van der Waals surface area contributed by atoms with Crippen LogP contribution < -0.4 is 0 Å². The van der Waals surface area contributed by atoms with Crippen LogP contribution in [0.3, 0.4) is 0 Å². The molecule has 1 saturated heterocycles. The Balaban J connectivity index is 1.57. The van der Waals surface area contributed by atoms with E-state index >= 15 is 0 Å². The van der Waals surface area contributed by atoms with Gasteiger partial charge in [-0.25, -0.2) is 0 Å². The van der Waals surface area contributed by atoms with Crippen LogP contribution in [0.4, 0.5) is 0 Å². The molecule has 0 saturated carbocycles. The summed E-state index contributed by atoms with van der Waals surface area (Å²) in [4.78, 5) is 21.0. The van der Waals surface area contributed by atoms with Gasteiger partial charge in [0.15, 0.2) is 5.76 Å². The summed E-state index contributed by atoms with van der Waals surface area (Å²) < 4.78 is 5.80. The minimum Gasteiger partial charge on any atom is -0.455 e. The van der Waals surface area contributed by atoms with Crippen molar-refractivity contribution >= 4 is 5.91 Å². The average Bonchev–Trinajstić information content (AvgIpc) is 3.15. The molecule has 0 spiro atoms. The van der Waals surface area contributed by atoms with Crippen LogP contribution in [0, 0.1) is 0 Å². The van der Waals surface area contributed by atoms with Crippen LogP contribution in [0.2, 0.25) is 0 Å². The fraction of sp³-hybridized carbons (Fsp3) is 0.500. The number of hydrogen-bond donors (Lipinski definition) is 0. The number of rotatable bonds is 6. The van der Waals surface area contributed by atoms with Crippen molar-refractivity contribution in [1.82, 2.24) is 14.8 Å². The van der Waals surface area contributed by atoms with Crippen LogP contribution in [-0.4, -0.2) is 46.9 Å². The second-order valence-electron chi connectivity index (χ2n) is 6.57. The van der Waals surface area contributed by atoms with Gasteiger partial charge >= 0.3 is 0 Å². The van der Waals surface area contributed by atoms with Crippen molar-refractivity contribution in [2.24, 2.45) is 0 Å². The van der Waals surface area contributed by atoms with E-state index in [1.807, 2.05) is 29.4 Å². The lowest BCUT2D eigenvalue weighted by Crippen LogP contribution is -2.37. The molecule has 2 aromatic heterocycles. The number of amides is 1. The molecule has 5 nitrogen and oxygen atoms in total. The van der Waals surface area contributed by atoms with Gasteiger partial charge in [-0.05, 0) is 61.7 Å². The van der Waals surface area contributed by atoms with E-state index in [4.69, 9.17) is 4.42 Å². The SMILES string of the molecule is CCN(CC)Cc1ccc(C(=O)N2CCC(c3ccncc3)CC2)o1. The Labute approximate surface area is 149 Å². The van der Waals surface area contributed by atoms with E-state index in [1.54, 1.807) is 0 Å². The zero-order valence-electron chi connectivity index (χ0n) is 15.1. The summed E-state index contributed by atoms with van der Waals surface area (Å²) >= 11 is 0. The van der Waals surface area contributed by atoms with Gasteiger partial charge in [0.2, 0.25) is 0 Å². The molecule has 0 atom stereocenters. The van der Waals surface area contributed by atoms with Crippen LogP contribution in [-0.2, 0) is 6.54 Å². The lowest BCUT2D eigenvalue weighted by molar-refractivity contribution is 0.0677. The standard InChI is InChI=1S/C20H27N3O2/c1-3-22(4-2)15-18-5-6-19(25-18)20(24)23-13-9-17(10-14-23)16-7-11-21-12-8-16/h5-8,11-12,17H,3-4,9-10,13-15H2,1-2H3. The number of furan rings is 1. The van der Waals surface area contributed by atoms with Crippen molar-refractivity contribution in [2.45, 2.75) is 39.2 Å². The molecule has 0 aliphatic carbocycles. The van der Waals surface area contributed by atoms with Gasteiger partial charge in [-0.15, -0.1) is 0 Å². The zero-order valence-corrected chi connectivity index (χ0v) is 15.1. The third-order valence-corrected chi connectivity index (χ3v) is 5.11. The van der Waals surface area contributed by atoms with Crippen LogP contribution in [0.15, 0.2) is 41.1 Å². The number of nitrogens with zero attached hydrogens (tertiary/aromatic N) is 3. The van der Waals surface area contributed by atoms with Gasteiger partial charge in [0.05, 0.1) is 6.54 Å². The maximum Gasteiger partial charge on any atom is 0.289 e. The molecule has 1 aliphatic rings. The molecular formula is C20H27N3O2. The summed E-state index contributed by atoms with van der Waals surface area (Å²) in [5, 5.41) is 0. The quantitative estimate of drug-likeness (QED) is 0.806. The second kappa shape index (κ2) is 8.30. The van der Waals surface area contributed by atoms with Crippen LogP contribution in [0.25, 0.3) is 0 Å². The molecule has 1 aliphatic heterocycles. The van der Waals surface area contributed by atoms with Gasteiger partial charge in [0.1, 0.15) is 5.76 Å². The fourth-order valence-electron chi connectivity index (χ4n) is 3.45. The molecular weight excluding hydrogens is 314 g/mol. The number of aromatic nitrogens is 1. The fourth-order valence-corrected chi connectivity index (χ4v) is 3.45. The molecule has 25 heavy (non-hydrogen) atoms. The highest BCUT2D eigenvalue weighted by Crippen LogP contribution is 2.28. The molecule has 5 heteroatoms. The number of hydrogen-bond acceptors (Lipinski definition) is 4. The third kappa shape index (κ3) is 4.28. The molecule has 3 rings (SSSR count). The first-order valence-corrected chi connectivity index (χ1v) is 9.21. The van der Waals surface area contributed by atoms with Gasteiger partial charge in [0, 0.05) is 25.5 Å². The normalized spacial score (nSPS) is 15.7. The molecule has 0 unspecified atom stereocenters. The van der Waals surface area contributed by atoms with Crippen molar-refractivity contribution in [3.05, 3.63) is 53.7 Å². The minimum atomic E-state index is 0.0129. The Kier molecular flexibility index (Phi) is 5.87. The smallest absolute Gasteiger partial charge is 0.289 e. The zero-order chi connectivity index (χ0) is 17.6. The van der Waals surface area contributed by atoms with Crippen molar-refractivity contribution < 1.29 is 9.21 Å². The molecule has 2 aromatic rings. The summed E-state index contributed by atoms with van der Waals surface area (Å²) in [7, 11) is 0. The largest absolute Gasteiger partial charge is 0.455 e. The van der Waals surface area contributed by atoms with Gasteiger partial charge in [0.25, 0.3) is 5.91 Å². The van der Waals surface area contributed by atoms with Gasteiger partial charge < -0.3 is 9.32 Å². The first-order chi connectivity index (χ1) is 12.2. The van der Waals surface area contributed by atoms with E-state index < -0.39 is 0 Å². The summed E-state index contributed by atoms with van der Waals surface area (Å²) in [5.74, 6) is 1.85. The molecule has 3 heterocycles. The lowest BCUT2D eigenvalue weighted by atomic mass is 9.90. The molecule has 134 valence electrons. The second-order valence-corrected chi connectivity index (χ2v) is 6.57. The van der Waals surface area contributed by atoms with Crippen molar-refractivity contribution in [1.29, 1.82) is 0 Å². The van der Waals surface area contributed by atoms with Crippen molar-refractivity contribution in [3.63, 3.8) is 0 Å². The van der Waals surface area contributed by atoms with Gasteiger partial charge in [-0.1, -0.05) is 13.8 Å². The molecule has 0 radical (unpaired) electrons. The Hall–Kier alpha value is -2.14. The predicted octanol–water partition coefficient (Wildman–Crippen LogP) is 3.54. The first-order valence-electron chi connectivity index (χ1n) is 9.21. The number of carbonyl (C=O) groups is 1. The Morgan fingerprint density at radius 3 is 2.48 bits per heavy atom. The Bertz CT molecular complexity index is 671. The lowest BCUT2D eigenvalue weighted by Gasteiger charge is -2.31. The highest BCUT2D eigenvalue weighted by atomic mass is 16.4. The van der Waals surface area contributed by atoms with Crippen LogP contribution in [0.1, 0.15) is 54.5 Å². The first kappa shape index (κ1) is 17.7. The maximum atomic E-state index is 12.7. The van der Waals surface area contributed by atoms with E-state index in [0.29, 0.717) is 11.7 Å². The summed E-state index contributed by atoms with van der Waals surface area (Å²) in [6.45, 7) is 8.52. The number of likely N-dealkylation sites (tertiary alicyclic amines) is 1. The van der Waals surface area contributed by atoms with Crippen molar-refractivity contribution in [2.75, 3.05) is 26.2 Å². The van der Waals surface area contributed by atoms with E-state index in [0.717, 1.165) is 51.3 Å². The van der Waals surface area contributed by atoms with Crippen LogP contribution >= 0.6 is 0 Å². The highest BCUT2D eigenvalue weighted by Gasteiger charge is 2.26. The van der Waals surface area contributed by atoms with E-state index in [2.05, 4.69) is 35.9 Å². The van der Waals surface area contributed by atoms with Crippen molar-refractivity contribution in [3.8, 4) is 0 Å². The highest BCUT2D eigenvalue weighted by molar-refractivity contribution is 5.91. The van der Waals surface area contributed by atoms with Crippen LogP contribution in [0.5, 0.6) is 0 Å². The van der Waals surface area contributed by atoms with E-state index in [-0.39, 0.29) is 5.91 Å². The molecule has 0 aromatic carbocycles. The number of pyridine rings is 1. The molecule has 0 N–H and O–H groups in total. The average molecular weight is 341 g/mol. The summed E-state index contributed by atoms with van der Waals surface area (Å²) in [6, 6.07) is 7.90. The Morgan fingerprint density at radius 2 is 1.84 bits per heavy atom. The minimum absolute atomic E-state index is 0.0129. The number of piperidine rings is 1. The monoisotopic (exact) mass is 341 g/mol. The van der Waals surface area contributed by atoms with Gasteiger partial charge in [-0.2, -0.15) is 0 Å². The topological polar surface area (TPSA) is 49.6 Å². The summed E-state index contributed by atoms with van der Waals surface area (Å²) in [6.07, 6.45) is 5.66. The molecule has 1 fully saturated rings.